The second-order valence-corrected chi connectivity index (χ2v) is 8.38. The van der Waals surface area contributed by atoms with Gasteiger partial charge in [-0.05, 0) is 30.5 Å². The minimum atomic E-state index is -5.74. The molecular weight excluding hydrogens is 457 g/mol. The Morgan fingerprint density at radius 3 is 2.32 bits per heavy atom. The molecule has 2 aromatic heterocycles. The molecular formula is C23H24F5N5O. The number of nitrogens with one attached hydrogen (secondary N) is 2. The van der Waals surface area contributed by atoms with Crippen molar-refractivity contribution < 1.29 is 26.7 Å². The fourth-order valence-corrected chi connectivity index (χ4v) is 4.37. The van der Waals surface area contributed by atoms with Gasteiger partial charge in [0, 0.05) is 38.3 Å². The summed E-state index contributed by atoms with van der Waals surface area (Å²) in [6.07, 6.45) is -3.73. The van der Waals surface area contributed by atoms with E-state index in [1.165, 1.54) is 10.5 Å². The SMILES string of the molecule is CNC(=O)N1CCC(CNc2cccc3nc(C(F)(F)C(F)(F)F)cn23)(c2ccccc2)CC1. The van der Waals surface area contributed by atoms with Crippen molar-refractivity contribution in [1.82, 2.24) is 19.6 Å². The maximum atomic E-state index is 13.9. The van der Waals surface area contributed by atoms with Gasteiger partial charge in [0.2, 0.25) is 0 Å². The number of anilines is 1. The lowest BCUT2D eigenvalue weighted by molar-refractivity contribution is -0.290. The topological polar surface area (TPSA) is 61.7 Å². The summed E-state index contributed by atoms with van der Waals surface area (Å²) in [4.78, 5) is 17.3. The molecule has 6 nitrogen and oxygen atoms in total. The monoisotopic (exact) mass is 481 g/mol. The Bertz CT molecular complexity index is 1150. The summed E-state index contributed by atoms with van der Waals surface area (Å²) in [5.74, 6) is -4.72. The van der Waals surface area contributed by atoms with Crippen LogP contribution < -0.4 is 10.6 Å². The van der Waals surface area contributed by atoms with Gasteiger partial charge in [0.15, 0.2) is 0 Å². The average molecular weight is 481 g/mol. The lowest BCUT2D eigenvalue weighted by atomic mass is 9.72. The van der Waals surface area contributed by atoms with Crippen molar-refractivity contribution in [2.45, 2.75) is 30.4 Å². The molecule has 11 heteroatoms. The van der Waals surface area contributed by atoms with E-state index in [1.54, 1.807) is 24.1 Å². The molecule has 3 aromatic rings. The number of hydrogen-bond donors (Lipinski definition) is 2. The van der Waals surface area contributed by atoms with Crippen LogP contribution in [0.5, 0.6) is 0 Å². The van der Waals surface area contributed by atoms with Crippen molar-refractivity contribution in [3.8, 4) is 0 Å². The van der Waals surface area contributed by atoms with Gasteiger partial charge in [-0.1, -0.05) is 36.4 Å². The summed E-state index contributed by atoms with van der Waals surface area (Å²) < 4.78 is 67.5. The summed E-state index contributed by atoms with van der Waals surface area (Å²) in [5.41, 5.74) is -0.688. The van der Waals surface area contributed by atoms with E-state index in [0.29, 0.717) is 44.5 Å². The van der Waals surface area contributed by atoms with Gasteiger partial charge in [0.05, 0.1) is 0 Å². The number of urea groups is 1. The normalized spacial score (nSPS) is 16.5. The lowest BCUT2D eigenvalue weighted by Gasteiger charge is -2.42. The van der Waals surface area contributed by atoms with Crippen molar-refractivity contribution in [3.63, 3.8) is 0 Å². The van der Waals surface area contributed by atoms with Crippen molar-refractivity contribution >= 4 is 17.5 Å². The van der Waals surface area contributed by atoms with Crippen LogP contribution in [0.15, 0.2) is 54.7 Å². The van der Waals surface area contributed by atoms with Crippen LogP contribution in [0.4, 0.5) is 32.6 Å². The fraction of sp³-hybridized carbons (Fsp3) is 0.391. The standard InChI is InChI=1S/C23H24F5N5O/c1-29-20(34)32-12-10-21(11-13-32,16-6-3-2-4-7-16)15-30-18-8-5-9-19-31-17(14-33(18)19)22(24,25)23(26,27)28/h2-9,14,30H,10-13,15H2,1H3,(H,29,34). The Hall–Kier alpha value is -3.37. The van der Waals surface area contributed by atoms with Gasteiger partial charge in [0.1, 0.15) is 17.2 Å². The third kappa shape index (κ3) is 4.26. The number of piperidine rings is 1. The number of fused-ring (bicyclic) bond motifs is 1. The fourth-order valence-electron chi connectivity index (χ4n) is 4.37. The van der Waals surface area contributed by atoms with E-state index in [2.05, 4.69) is 15.6 Å². The van der Waals surface area contributed by atoms with Gasteiger partial charge in [0.25, 0.3) is 0 Å². The van der Waals surface area contributed by atoms with Crippen molar-refractivity contribution in [2.75, 3.05) is 32.0 Å². The molecule has 182 valence electrons. The highest BCUT2D eigenvalue weighted by molar-refractivity contribution is 5.74. The van der Waals surface area contributed by atoms with E-state index in [0.717, 1.165) is 5.56 Å². The highest BCUT2D eigenvalue weighted by Gasteiger charge is 2.60. The van der Waals surface area contributed by atoms with Crippen LogP contribution in [-0.2, 0) is 11.3 Å². The van der Waals surface area contributed by atoms with Gasteiger partial charge >= 0.3 is 18.1 Å². The zero-order valence-electron chi connectivity index (χ0n) is 18.4. The molecule has 1 aromatic carbocycles. The lowest BCUT2D eigenvalue weighted by Crippen LogP contribution is -2.50. The van der Waals surface area contributed by atoms with Crippen LogP contribution in [-0.4, -0.2) is 53.2 Å². The van der Waals surface area contributed by atoms with Crippen LogP contribution in [0, 0.1) is 0 Å². The molecule has 1 fully saturated rings. The van der Waals surface area contributed by atoms with Crippen LogP contribution in [0.2, 0.25) is 0 Å². The molecule has 2 N–H and O–H groups in total. The van der Waals surface area contributed by atoms with Crippen LogP contribution in [0.25, 0.3) is 5.65 Å². The minimum absolute atomic E-state index is 0.0212. The Balaban J connectivity index is 1.62. The highest BCUT2D eigenvalue weighted by atomic mass is 19.4. The predicted molar refractivity (Wildman–Crippen MR) is 117 cm³/mol. The summed E-state index contributed by atoms with van der Waals surface area (Å²) >= 11 is 0. The van der Waals surface area contributed by atoms with Gasteiger partial charge in [-0.3, -0.25) is 4.40 Å². The molecule has 2 amide bonds. The van der Waals surface area contributed by atoms with E-state index in [1.807, 2.05) is 30.3 Å². The first-order chi connectivity index (χ1) is 16.1. The molecule has 0 atom stereocenters. The van der Waals surface area contributed by atoms with E-state index in [9.17, 15) is 26.7 Å². The van der Waals surface area contributed by atoms with Gasteiger partial charge in [-0.15, -0.1) is 0 Å². The van der Waals surface area contributed by atoms with Crippen molar-refractivity contribution in [3.05, 3.63) is 66.0 Å². The first-order valence-electron chi connectivity index (χ1n) is 10.8. The Kier molecular flexibility index (Phi) is 6.13. The Morgan fingerprint density at radius 2 is 1.71 bits per heavy atom. The number of amides is 2. The zero-order valence-corrected chi connectivity index (χ0v) is 18.4. The number of carbonyl (C=O) groups is 1. The van der Waals surface area contributed by atoms with Crippen LogP contribution >= 0.6 is 0 Å². The van der Waals surface area contributed by atoms with E-state index in [-0.39, 0.29) is 17.1 Å². The molecule has 0 spiro atoms. The van der Waals surface area contributed by atoms with Crippen molar-refractivity contribution in [2.24, 2.45) is 0 Å². The average Bonchev–Trinajstić information content (AvgIpc) is 3.28. The first-order valence-corrected chi connectivity index (χ1v) is 10.8. The summed E-state index contributed by atoms with van der Waals surface area (Å²) in [5, 5.41) is 5.86. The molecule has 0 bridgehead atoms. The van der Waals surface area contributed by atoms with Gasteiger partial charge in [-0.25, -0.2) is 9.78 Å². The molecule has 4 rings (SSSR count). The van der Waals surface area contributed by atoms with E-state index < -0.39 is 17.8 Å². The minimum Gasteiger partial charge on any atom is -0.370 e. The molecule has 0 unspecified atom stereocenters. The molecule has 3 heterocycles. The maximum absolute atomic E-state index is 13.9. The summed E-state index contributed by atoms with van der Waals surface area (Å²) in [6, 6.07) is 14.1. The van der Waals surface area contributed by atoms with Gasteiger partial charge in [-0.2, -0.15) is 22.0 Å². The summed E-state index contributed by atoms with van der Waals surface area (Å²) in [7, 11) is 1.57. The molecule has 1 saturated heterocycles. The van der Waals surface area contributed by atoms with E-state index in [4.69, 9.17) is 0 Å². The number of alkyl halides is 5. The number of imidazole rings is 1. The first kappa shape index (κ1) is 23.8. The number of carbonyl (C=O) groups excluding carboxylic acids is 1. The second-order valence-electron chi connectivity index (χ2n) is 8.38. The van der Waals surface area contributed by atoms with Crippen LogP contribution in [0.1, 0.15) is 24.1 Å². The van der Waals surface area contributed by atoms with E-state index >= 15 is 0 Å². The smallest absolute Gasteiger partial charge is 0.370 e. The third-order valence-electron chi connectivity index (χ3n) is 6.39. The number of halogens is 5. The number of pyridine rings is 1. The number of rotatable bonds is 5. The quantitative estimate of drug-likeness (QED) is 0.516. The molecule has 0 radical (unpaired) electrons. The number of nitrogens with zero attached hydrogens (tertiary/aromatic N) is 3. The largest absolute Gasteiger partial charge is 0.459 e. The Labute approximate surface area is 192 Å². The second kappa shape index (κ2) is 8.77. The highest BCUT2D eigenvalue weighted by Crippen LogP contribution is 2.43. The van der Waals surface area contributed by atoms with Gasteiger partial charge < -0.3 is 15.5 Å². The number of benzene rings is 1. The number of hydrogen-bond acceptors (Lipinski definition) is 3. The third-order valence-corrected chi connectivity index (χ3v) is 6.39. The van der Waals surface area contributed by atoms with Crippen molar-refractivity contribution in [1.29, 1.82) is 0 Å². The molecule has 0 saturated carbocycles. The maximum Gasteiger partial charge on any atom is 0.459 e. The molecule has 1 aliphatic heterocycles. The zero-order chi connectivity index (χ0) is 24.6. The molecule has 0 aliphatic carbocycles. The van der Waals surface area contributed by atoms with Crippen LogP contribution in [0.3, 0.4) is 0 Å². The predicted octanol–water partition coefficient (Wildman–Crippen LogP) is 4.77. The molecule has 1 aliphatic rings. The number of aromatic nitrogens is 2. The summed E-state index contributed by atoms with van der Waals surface area (Å²) in [6.45, 7) is 1.43. The Morgan fingerprint density at radius 1 is 1.03 bits per heavy atom. The number of likely N-dealkylation sites (tertiary alicyclic amines) is 1. The molecule has 34 heavy (non-hydrogen) atoms.